The van der Waals surface area contributed by atoms with Crippen molar-refractivity contribution in [3.8, 4) is 0 Å². The number of hydrogen-bond donors (Lipinski definition) is 2. The molecule has 0 aliphatic carbocycles. The summed E-state index contributed by atoms with van der Waals surface area (Å²) >= 11 is 6.17. The van der Waals surface area contributed by atoms with Crippen molar-refractivity contribution in [2.75, 3.05) is 19.7 Å². The van der Waals surface area contributed by atoms with Gasteiger partial charge in [0, 0.05) is 19.3 Å². The number of amides is 1. The largest absolute Gasteiger partial charge is 0.366 e. The Bertz CT molecular complexity index is 692. The summed E-state index contributed by atoms with van der Waals surface area (Å²) < 4.78 is 7.38. The first-order valence-corrected chi connectivity index (χ1v) is 7.63. The highest BCUT2D eigenvalue weighted by Gasteiger charge is 2.31. The molecule has 1 fully saturated rings. The number of aromatic nitrogens is 2. The van der Waals surface area contributed by atoms with E-state index in [1.807, 2.05) is 36.6 Å². The number of pyridine rings is 1. The smallest absolute Gasteiger partial charge is 0.251 e. The fraction of sp³-hybridized carbons (Fsp3) is 0.467. The van der Waals surface area contributed by atoms with Gasteiger partial charge in [-0.1, -0.05) is 11.6 Å². The fourth-order valence-corrected chi connectivity index (χ4v) is 2.84. The second-order valence-electron chi connectivity index (χ2n) is 5.87. The zero-order valence-corrected chi connectivity index (χ0v) is 13.4. The molecule has 22 heavy (non-hydrogen) atoms. The van der Waals surface area contributed by atoms with E-state index >= 15 is 0 Å². The van der Waals surface area contributed by atoms with Gasteiger partial charge in [-0.25, -0.2) is 4.98 Å². The van der Waals surface area contributed by atoms with Crippen LogP contribution in [0.4, 0.5) is 0 Å². The first-order chi connectivity index (χ1) is 10.5. The summed E-state index contributed by atoms with van der Waals surface area (Å²) in [7, 11) is 0. The van der Waals surface area contributed by atoms with Crippen LogP contribution in [0.1, 0.15) is 19.7 Å². The Labute approximate surface area is 133 Å². The lowest BCUT2D eigenvalue weighted by Gasteiger charge is -2.29. The molecular weight excluding hydrogens is 304 g/mol. The van der Waals surface area contributed by atoms with E-state index in [1.54, 1.807) is 6.20 Å². The lowest BCUT2D eigenvalue weighted by molar-refractivity contribution is -0.136. The SMILES string of the molecule is CC(C)(NC(=O)[C@@H]1CNCCO1)c1ncc2c(Cl)cccn12. The Hall–Kier alpha value is -1.63. The van der Waals surface area contributed by atoms with Gasteiger partial charge >= 0.3 is 0 Å². The van der Waals surface area contributed by atoms with Crippen molar-refractivity contribution in [1.29, 1.82) is 0 Å². The summed E-state index contributed by atoms with van der Waals surface area (Å²) in [5, 5.41) is 6.79. The van der Waals surface area contributed by atoms with Crippen molar-refractivity contribution in [3.63, 3.8) is 0 Å². The molecule has 2 aromatic rings. The van der Waals surface area contributed by atoms with Crippen LogP contribution in [-0.2, 0) is 15.1 Å². The summed E-state index contributed by atoms with van der Waals surface area (Å²) in [6.07, 6.45) is 3.13. The topological polar surface area (TPSA) is 67.7 Å². The molecule has 0 unspecified atom stereocenters. The summed E-state index contributed by atoms with van der Waals surface area (Å²) in [4.78, 5) is 16.8. The summed E-state index contributed by atoms with van der Waals surface area (Å²) in [6, 6.07) is 3.67. The molecule has 6 nitrogen and oxygen atoms in total. The van der Waals surface area contributed by atoms with Gasteiger partial charge in [0.2, 0.25) is 0 Å². The Balaban J connectivity index is 1.84. The van der Waals surface area contributed by atoms with E-state index in [1.165, 1.54) is 0 Å². The van der Waals surface area contributed by atoms with Crippen LogP contribution in [0.5, 0.6) is 0 Å². The maximum atomic E-state index is 12.4. The number of nitrogens with zero attached hydrogens (tertiary/aromatic N) is 2. The number of halogens is 1. The minimum atomic E-state index is -0.644. The number of carbonyl (C=O) groups is 1. The number of carbonyl (C=O) groups excluding carboxylic acids is 1. The third-order valence-electron chi connectivity index (χ3n) is 3.73. The van der Waals surface area contributed by atoms with Gasteiger partial charge in [0.15, 0.2) is 0 Å². The van der Waals surface area contributed by atoms with Gasteiger partial charge in [-0.2, -0.15) is 0 Å². The third kappa shape index (κ3) is 2.82. The summed E-state index contributed by atoms with van der Waals surface area (Å²) in [5.74, 6) is 0.582. The maximum Gasteiger partial charge on any atom is 0.251 e. The van der Waals surface area contributed by atoms with Crippen molar-refractivity contribution >= 4 is 23.0 Å². The molecule has 0 saturated carbocycles. The van der Waals surface area contributed by atoms with Gasteiger partial charge in [-0.15, -0.1) is 0 Å². The van der Waals surface area contributed by atoms with Crippen LogP contribution in [0.2, 0.25) is 5.02 Å². The summed E-state index contributed by atoms with van der Waals surface area (Å²) in [6.45, 7) is 5.67. The molecular formula is C15H19ClN4O2. The number of morpholine rings is 1. The van der Waals surface area contributed by atoms with Gasteiger partial charge in [0.05, 0.1) is 28.9 Å². The normalized spacial score (nSPS) is 19.3. The Morgan fingerprint density at radius 1 is 1.59 bits per heavy atom. The molecule has 3 rings (SSSR count). The van der Waals surface area contributed by atoms with Crippen molar-refractivity contribution < 1.29 is 9.53 Å². The van der Waals surface area contributed by atoms with Crippen LogP contribution < -0.4 is 10.6 Å². The second kappa shape index (κ2) is 5.87. The predicted molar refractivity (Wildman–Crippen MR) is 84.0 cm³/mol. The molecule has 0 bridgehead atoms. The van der Waals surface area contributed by atoms with Crippen molar-refractivity contribution in [1.82, 2.24) is 20.0 Å². The Kier molecular flexibility index (Phi) is 4.08. The van der Waals surface area contributed by atoms with E-state index in [0.29, 0.717) is 18.2 Å². The highest BCUT2D eigenvalue weighted by Crippen LogP contribution is 2.24. The molecule has 3 heterocycles. The van der Waals surface area contributed by atoms with E-state index in [2.05, 4.69) is 15.6 Å². The predicted octanol–water partition coefficient (Wildman–Crippen LogP) is 1.33. The number of nitrogens with one attached hydrogen (secondary N) is 2. The minimum Gasteiger partial charge on any atom is -0.366 e. The first-order valence-electron chi connectivity index (χ1n) is 7.25. The van der Waals surface area contributed by atoms with Crippen LogP contribution in [0.25, 0.3) is 5.52 Å². The molecule has 2 aromatic heterocycles. The Morgan fingerprint density at radius 2 is 2.41 bits per heavy atom. The second-order valence-corrected chi connectivity index (χ2v) is 6.28. The molecule has 1 aliphatic heterocycles. The van der Waals surface area contributed by atoms with Gasteiger partial charge in [-0.05, 0) is 26.0 Å². The zero-order chi connectivity index (χ0) is 15.7. The molecule has 118 valence electrons. The van der Waals surface area contributed by atoms with Crippen LogP contribution in [0.15, 0.2) is 24.5 Å². The maximum absolute atomic E-state index is 12.4. The van der Waals surface area contributed by atoms with E-state index in [-0.39, 0.29) is 5.91 Å². The fourth-order valence-electron chi connectivity index (χ4n) is 2.63. The third-order valence-corrected chi connectivity index (χ3v) is 4.05. The summed E-state index contributed by atoms with van der Waals surface area (Å²) in [5.41, 5.74) is 0.173. The van der Waals surface area contributed by atoms with E-state index in [9.17, 15) is 4.79 Å². The van der Waals surface area contributed by atoms with E-state index < -0.39 is 11.6 Å². The number of ether oxygens (including phenoxy) is 1. The molecule has 1 saturated heterocycles. The zero-order valence-electron chi connectivity index (χ0n) is 12.6. The van der Waals surface area contributed by atoms with E-state index in [0.717, 1.165) is 17.9 Å². The van der Waals surface area contributed by atoms with Crippen LogP contribution >= 0.6 is 11.6 Å². The highest BCUT2D eigenvalue weighted by molar-refractivity contribution is 6.33. The van der Waals surface area contributed by atoms with Gasteiger partial charge in [-0.3, -0.25) is 4.79 Å². The minimum absolute atomic E-state index is 0.143. The molecule has 0 spiro atoms. The number of hydrogen-bond acceptors (Lipinski definition) is 4. The quantitative estimate of drug-likeness (QED) is 0.894. The molecule has 1 atom stereocenters. The first kappa shape index (κ1) is 15.3. The molecule has 0 radical (unpaired) electrons. The number of fused-ring (bicyclic) bond motifs is 1. The average molecular weight is 323 g/mol. The highest BCUT2D eigenvalue weighted by atomic mass is 35.5. The van der Waals surface area contributed by atoms with Crippen LogP contribution in [0.3, 0.4) is 0 Å². The van der Waals surface area contributed by atoms with Crippen molar-refractivity contribution in [2.24, 2.45) is 0 Å². The van der Waals surface area contributed by atoms with Crippen LogP contribution in [0, 0.1) is 0 Å². The lowest BCUT2D eigenvalue weighted by Crippen LogP contribution is -2.52. The molecule has 1 amide bonds. The van der Waals surface area contributed by atoms with Gasteiger partial charge in [0.1, 0.15) is 11.9 Å². The number of rotatable bonds is 3. The standard InChI is InChI=1S/C15H19ClN4O2/c1-15(2,19-13(21)12-9-17-5-7-22-12)14-18-8-11-10(16)4-3-6-20(11)14/h3-4,6,8,12,17H,5,7,9H2,1-2H3,(H,19,21)/t12-/m0/s1. The molecule has 7 heteroatoms. The Morgan fingerprint density at radius 3 is 3.14 bits per heavy atom. The lowest BCUT2D eigenvalue weighted by atomic mass is 10.0. The average Bonchev–Trinajstić information content (AvgIpc) is 2.94. The van der Waals surface area contributed by atoms with E-state index in [4.69, 9.17) is 16.3 Å². The molecule has 1 aliphatic rings. The van der Waals surface area contributed by atoms with Crippen molar-refractivity contribution in [3.05, 3.63) is 35.4 Å². The molecule has 0 aromatic carbocycles. The van der Waals surface area contributed by atoms with Gasteiger partial charge < -0.3 is 19.8 Å². The molecule has 2 N–H and O–H groups in total. The van der Waals surface area contributed by atoms with Gasteiger partial charge in [0.25, 0.3) is 5.91 Å². The van der Waals surface area contributed by atoms with Crippen molar-refractivity contribution in [2.45, 2.75) is 25.5 Å². The number of imidazole rings is 1. The monoisotopic (exact) mass is 322 g/mol. The van der Waals surface area contributed by atoms with Crippen LogP contribution in [-0.4, -0.2) is 41.1 Å².